The molecule has 0 unspecified atom stereocenters. The van der Waals surface area contributed by atoms with Crippen molar-refractivity contribution in [3.05, 3.63) is 33.8 Å². The van der Waals surface area contributed by atoms with Crippen LogP contribution in [0.25, 0.3) is 0 Å². The number of halogens is 1. The molecular formula is C12H13BrO4. The molecule has 0 aromatic heterocycles. The van der Waals surface area contributed by atoms with Crippen molar-refractivity contribution in [3.8, 4) is 0 Å². The number of carboxylic acid groups (broad SMARTS) is 1. The maximum atomic E-state index is 11.2. The average Bonchev–Trinajstić information content (AvgIpc) is 2.29. The minimum absolute atomic E-state index is 0.0463. The molecule has 0 bridgehead atoms. The zero-order valence-electron chi connectivity index (χ0n) is 9.40. The highest BCUT2D eigenvalue weighted by molar-refractivity contribution is 9.10. The molecule has 0 fully saturated rings. The van der Waals surface area contributed by atoms with Crippen molar-refractivity contribution in [2.75, 3.05) is 7.11 Å². The molecule has 17 heavy (non-hydrogen) atoms. The maximum absolute atomic E-state index is 11.2. The number of benzene rings is 1. The van der Waals surface area contributed by atoms with Crippen LogP contribution in [0.4, 0.5) is 0 Å². The predicted octanol–water partition coefficient (Wildman–Crippen LogP) is 2.18. The predicted molar refractivity (Wildman–Crippen MR) is 65.8 cm³/mol. The zero-order chi connectivity index (χ0) is 12.8. The van der Waals surface area contributed by atoms with E-state index < -0.39 is 5.97 Å². The van der Waals surface area contributed by atoms with E-state index in [-0.39, 0.29) is 18.8 Å². The third-order valence-electron chi connectivity index (χ3n) is 2.34. The van der Waals surface area contributed by atoms with Crippen molar-refractivity contribution in [2.24, 2.45) is 0 Å². The smallest absolute Gasteiger partial charge is 0.309 e. The van der Waals surface area contributed by atoms with E-state index in [0.29, 0.717) is 6.42 Å². The number of carbonyl (C=O) groups is 2. The second-order valence-electron chi connectivity index (χ2n) is 3.56. The lowest BCUT2D eigenvalue weighted by molar-refractivity contribution is -0.140. The Morgan fingerprint density at radius 3 is 2.65 bits per heavy atom. The summed E-state index contributed by atoms with van der Waals surface area (Å²) in [4.78, 5) is 21.8. The average molecular weight is 301 g/mol. The van der Waals surface area contributed by atoms with E-state index >= 15 is 0 Å². The molecule has 0 aliphatic carbocycles. The molecule has 4 nitrogen and oxygen atoms in total. The fraction of sp³-hybridized carbons (Fsp3) is 0.333. The summed E-state index contributed by atoms with van der Waals surface area (Å²) in [6.45, 7) is 0. The first kappa shape index (κ1) is 13.7. The Morgan fingerprint density at radius 1 is 1.35 bits per heavy atom. The van der Waals surface area contributed by atoms with Gasteiger partial charge in [0.15, 0.2) is 0 Å². The topological polar surface area (TPSA) is 63.6 Å². The van der Waals surface area contributed by atoms with E-state index in [1.807, 2.05) is 12.1 Å². The summed E-state index contributed by atoms with van der Waals surface area (Å²) in [7, 11) is 1.33. The third kappa shape index (κ3) is 4.56. The first-order valence-corrected chi connectivity index (χ1v) is 5.88. The van der Waals surface area contributed by atoms with Gasteiger partial charge in [-0.05, 0) is 29.7 Å². The Morgan fingerprint density at radius 2 is 2.06 bits per heavy atom. The molecule has 0 heterocycles. The lowest BCUT2D eigenvalue weighted by atomic mass is 10.0. The van der Waals surface area contributed by atoms with Gasteiger partial charge in [-0.3, -0.25) is 9.59 Å². The number of methoxy groups -OCH3 is 1. The molecule has 5 heteroatoms. The molecule has 0 radical (unpaired) electrons. The summed E-state index contributed by atoms with van der Waals surface area (Å²) >= 11 is 3.32. The van der Waals surface area contributed by atoms with Crippen LogP contribution in [-0.4, -0.2) is 24.2 Å². The molecule has 1 rings (SSSR count). The number of rotatable bonds is 5. The summed E-state index contributed by atoms with van der Waals surface area (Å²) in [6.07, 6.45) is 0.616. The lowest BCUT2D eigenvalue weighted by Gasteiger charge is -2.08. The second kappa shape index (κ2) is 6.39. The summed E-state index contributed by atoms with van der Waals surface area (Å²) in [5.41, 5.74) is 1.66. The van der Waals surface area contributed by atoms with Crippen LogP contribution in [0.2, 0.25) is 0 Å². The molecule has 0 saturated carbocycles. The van der Waals surface area contributed by atoms with Gasteiger partial charge in [-0.1, -0.05) is 22.0 Å². The molecule has 0 saturated heterocycles. The van der Waals surface area contributed by atoms with Gasteiger partial charge in [0.1, 0.15) is 0 Å². The van der Waals surface area contributed by atoms with E-state index in [4.69, 9.17) is 5.11 Å². The van der Waals surface area contributed by atoms with Crippen molar-refractivity contribution in [1.82, 2.24) is 0 Å². The third-order valence-corrected chi connectivity index (χ3v) is 2.83. The molecule has 92 valence electrons. The Hall–Kier alpha value is -1.36. The van der Waals surface area contributed by atoms with Crippen LogP contribution in [0, 0.1) is 0 Å². The number of hydrogen-bond donors (Lipinski definition) is 1. The van der Waals surface area contributed by atoms with E-state index in [2.05, 4.69) is 20.7 Å². The number of carbonyl (C=O) groups excluding carboxylic acids is 1. The fourth-order valence-electron chi connectivity index (χ4n) is 1.47. The van der Waals surface area contributed by atoms with Crippen LogP contribution < -0.4 is 0 Å². The summed E-state index contributed by atoms with van der Waals surface area (Å²) in [6, 6.07) is 5.46. The van der Waals surface area contributed by atoms with Crippen molar-refractivity contribution >= 4 is 27.9 Å². The maximum Gasteiger partial charge on any atom is 0.309 e. The summed E-state index contributed by atoms with van der Waals surface area (Å²) in [5.74, 6) is -1.18. The zero-order valence-corrected chi connectivity index (χ0v) is 11.0. The highest BCUT2D eigenvalue weighted by atomic mass is 79.9. The molecule has 0 amide bonds. The van der Waals surface area contributed by atoms with Gasteiger partial charge in [-0.2, -0.15) is 0 Å². The Kier molecular flexibility index (Phi) is 5.15. The van der Waals surface area contributed by atoms with Crippen LogP contribution in [0.15, 0.2) is 22.7 Å². The van der Waals surface area contributed by atoms with E-state index in [9.17, 15) is 9.59 Å². The monoisotopic (exact) mass is 300 g/mol. The van der Waals surface area contributed by atoms with Crippen LogP contribution >= 0.6 is 15.9 Å². The number of aliphatic carboxylic acids is 1. The molecule has 0 aliphatic heterocycles. The molecule has 1 aromatic carbocycles. The normalized spacial score (nSPS) is 10.0. The molecule has 0 atom stereocenters. The summed E-state index contributed by atoms with van der Waals surface area (Å²) < 4.78 is 5.47. The van der Waals surface area contributed by atoms with Crippen molar-refractivity contribution < 1.29 is 19.4 Å². The molecule has 0 aliphatic rings. The Balaban J connectivity index is 2.87. The minimum Gasteiger partial charge on any atom is -0.481 e. The molecular weight excluding hydrogens is 288 g/mol. The summed E-state index contributed by atoms with van der Waals surface area (Å²) in [5, 5.41) is 8.66. The van der Waals surface area contributed by atoms with Gasteiger partial charge < -0.3 is 9.84 Å². The highest BCUT2D eigenvalue weighted by Crippen LogP contribution is 2.19. The Labute approximate surface area is 108 Å². The van der Waals surface area contributed by atoms with Gasteiger partial charge in [-0.25, -0.2) is 0 Å². The molecule has 1 N–H and O–H groups in total. The quantitative estimate of drug-likeness (QED) is 0.847. The van der Waals surface area contributed by atoms with Crippen LogP contribution in [0.5, 0.6) is 0 Å². The van der Waals surface area contributed by atoms with E-state index in [1.54, 1.807) is 6.07 Å². The van der Waals surface area contributed by atoms with Gasteiger partial charge in [-0.15, -0.1) is 0 Å². The largest absolute Gasteiger partial charge is 0.481 e. The number of esters is 1. The fourth-order valence-corrected chi connectivity index (χ4v) is 1.88. The van der Waals surface area contributed by atoms with Gasteiger partial charge >= 0.3 is 11.9 Å². The van der Waals surface area contributed by atoms with E-state index in [0.717, 1.165) is 15.6 Å². The number of ether oxygens (including phenoxy) is 1. The number of aryl methyl sites for hydroxylation is 1. The Bertz CT molecular complexity index is 429. The van der Waals surface area contributed by atoms with Crippen LogP contribution in [-0.2, 0) is 27.2 Å². The van der Waals surface area contributed by atoms with Gasteiger partial charge in [0.25, 0.3) is 0 Å². The van der Waals surface area contributed by atoms with Crippen molar-refractivity contribution in [1.29, 1.82) is 0 Å². The minimum atomic E-state index is -0.853. The van der Waals surface area contributed by atoms with Crippen molar-refractivity contribution in [3.63, 3.8) is 0 Å². The second-order valence-corrected chi connectivity index (χ2v) is 4.48. The van der Waals surface area contributed by atoms with Gasteiger partial charge in [0.2, 0.25) is 0 Å². The number of hydrogen-bond acceptors (Lipinski definition) is 3. The molecule has 1 aromatic rings. The first-order chi connectivity index (χ1) is 8.02. The first-order valence-electron chi connectivity index (χ1n) is 5.09. The van der Waals surface area contributed by atoms with Crippen LogP contribution in [0.3, 0.4) is 0 Å². The van der Waals surface area contributed by atoms with Gasteiger partial charge in [0.05, 0.1) is 13.5 Å². The SMILES string of the molecule is COC(=O)Cc1ccc(Br)cc1CCC(=O)O. The van der Waals surface area contributed by atoms with E-state index in [1.165, 1.54) is 7.11 Å². The molecule has 0 spiro atoms. The lowest BCUT2D eigenvalue weighted by Crippen LogP contribution is -2.08. The highest BCUT2D eigenvalue weighted by Gasteiger charge is 2.10. The standard InChI is InChI=1S/C12H13BrO4/c1-17-12(16)7-9-2-4-10(13)6-8(9)3-5-11(14)15/h2,4,6H,3,5,7H2,1H3,(H,14,15). The van der Waals surface area contributed by atoms with Gasteiger partial charge in [0, 0.05) is 10.9 Å². The van der Waals surface area contributed by atoms with Crippen LogP contribution in [0.1, 0.15) is 17.5 Å². The number of carboxylic acids is 1. The van der Waals surface area contributed by atoms with Crippen molar-refractivity contribution in [2.45, 2.75) is 19.3 Å².